The topological polar surface area (TPSA) is 20.2 Å². The maximum Gasteiger partial charge on any atom is 0.0751 e. The van der Waals surface area contributed by atoms with Crippen molar-refractivity contribution in [3.63, 3.8) is 0 Å². The van der Waals surface area contributed by atoms with Crippen molar-refractivity contribution in [3.05, 3.63) is 24.5 Å². The van der Waals surface area contributed by atoms with Gasteiger partial charge in [0, 0.05) is 0 Å². The quantitative estimate of drug-likeness (QED) is 0.254. The molecule has 0 saturated carbocycles. The average molecular weight is 238 g/mol. The molecule has 0 rings (SSSR count). The summed E-state index contributed by atoms with van der Waals surface area (Å²) in [6.45, 7) is 2.24. The third-order valence-corrected chi connectivity index (χ3v) is 2.99. The van der Waals surface area contributed by atoms with Gasteiger partial charge < -0.3 is 5.11 Å². The molecule has 1 heteroatoms. The Labute approximate surface area is 108 Å². The molecule has 0 aliphatic rings. The van der Waals surface area contributed by atoms with Crippen LogP contribution >= 0.6 is 0 Å². The fraction of sp³-hybridized carbons (Fsp3) is 0.750. The SMILES string of the molecule is CCCCC=CCCCCCCCC/C=C\O. The van der Waals surface area contributed by atoms with E-state index in [2.05, 4.69) is 19.1 Å². The Morgan fingerprint density at radius 3 is 1.65 bits per heavy atom. The van der Waals surface area contributed by atoms with Crippen LogP contribution in [-0.4, -0.2) is 5.11 Å². The van der Waals surface area contributed by atoms with Crippen molar-refractivity contribution < 1.29 is 5.11 Å². The zero-order valence-electron chi connectivity index (χ0n) is 11.5. The second-order valence-electron chi connectivity index (χ2n) is 4.70. The summed E-state index contributed by atoms with van der Waals surface area (Å²) in [7, 11) is 0. The van der Waals surface area contributed by atoms with E-state index in [9.17, 15) is 0 Å². The van der Waals surface area contributed by atoms with E-state index in [1.165, 1.54) is 64.2 Å². The summed E-state index contributed by atoms with van der Waals surface area (Å²) in [5.74, 6) is 0. The van der Waals surface area contributed by atoms with Crippen LogP contribution in [-0.2, 0) is 0 Å². The van der Waals surface area contributed by atoms with Crippen LogP contribution in [0.25, 0.3) is 0 Å². The Balaban J connectivity index is 3.00. The molecule has 0 aliphatic heterocycles. The van der Waals surface area contributed by atoms with Crippen LogP contribution in [0.1, 0.15) is 77.6 Å². The van der Waals surface area contributed by atoms with Crippen LogP contribution < -0.4 is 0 Å². The van der Waals surface area contributed by atoms with Crippen molar-refractivity contribution in [2.45, 2.75) is 77.6 Å². The molecule has 0 unspecified atom stereocenters. The Kier molecular flexibility index (Phi) is 14.6. The van der Waals surface area contributed by atoms with Gasteiger partial charge in [-0.2, -0.15) is 0 Å². The lowest BCUT2D eigenvalue weighted by atomic mass is 10.1. The number of hydrogen-bond donors (Lipinski definition) is 1. The minimum Gasteiger partial charge on any atom is -0.516 e. The molecule has 0 aromatic rings. The minimum atomic E-state index is 1.02. The summed E-state index contributed by atoms with van der Waals surface area (Å²) in [6, 6.07) is 0. The molecular weight excluding hydrogens is 208 g/mol. The van der Waals surface area contributed by atoms with Gasteiger partial charge in [-0.15, -0.1) is 0 Å². The van der Waals surface area contributed by atoms with Gasteiger partial charge in [0.25, 0.3) is 0 Å². The van der Waals surface area contributed by atoms with Crippen LogP contribution in [0.15, 0.2) is 24.5 Å². The number of rotatable bonds is 12. The summed E-state index contributed by atoms with van der Waals surface area (Å²) >= 11 is 0. The van der Waals surface area contributed by atoms with Crippen LogP contribution in [0.5, 0.6) is 0 Å². The lowest BCUT2D eigenvalue weighted by Crippen LogP contribution is -1.79. The molecule has 17 heavy (non-hydrogen) atoms. The molecule has 0 aromatic heterocycles. The number of allylic oxidation sites excluding steroid dienone is 3. The Bertz CT molecular complexity index is 182. The molecule has 0 aliphatic carbocycles. The Morgan fingerprint density at radius 2 is 1.12 bits per heavy atom. The fourth-order valence-electron chi connectivity index (χ4n) is 1.86. The lowest BCUT2D eigenvalue weighted by Gasteiger charge is -1.99. The Morgan fingerprint density at radius 1 is 0.647 bits per heavy atom. The molecule has 0 atom stereocenters. The average Bonchev–Trinajstić information content (AvgIpc) is 2.35. The zero-order chi connectivity index (χ0) is 12.6. The highest BCUT2D eigenvalue weighted by Crippen LogP contribution is 2.09. The normalized spacial score (nSPS) is 11.8. The standard InChI is InChI=1S/C16H30O/c1-2-3-4-5-6-7-8-9-10-11-12-13-14-15-16-17/h5-6,15-17H,2-4,7-14H2,1H3/b6-5?,16-15-. The number of aliphatic hydroxyl groups is 1. The largest absolute Gasteiger partial charge is 0.516 e. The van der Waals surface area contributed by atoms with Crippen molar-refractivity contribution in [2.24, 2.45) is 0 Å². The summed E-state index contributed by atoms with van der Waals surface area (Å²) in [5, 5.41) is 8.46. The Hall–Kier alpha value is -0.720. The van der Waals surface area contributed by atoms with Gasteiger partial charge in [-0.3, -0.25) is 0 Å². The van der Waals surface area contributed by atoms with Gasteiger partial charge in [-0.25, -0.2) is 0 Å². The summed E-state index contributed by atoms with van der Waals surface area (Å²) < 4.78 is 0. The maximum atomic E-state index is 8.46. The molecule has 1 N–H and O–H groups in total. The summed E-state index contributed by atoms with van der Waals surface area (Å²) in [4.78, 5) is 0. The number of aliphatic hydroxyl groups excluding tert-OH is 1. The highest BCUT2D eigenvalue weighted by Gasteiger charge is 1.89. The number of hydrogen-bond acceptors (Lipinski definition) is 1. The van der Waals surface area contributed by atoms with Gasteiger partial charge in [-0.1, -0.05) is 63.7 Å². The maximum absolute atomic E-state index is 8.46. The molecule has 0 bridgehead atoms. The molecule has 0 heterocycles. The molecule has 0 amide bonds. The minimum absolute atomic E-state index is 1.02. The van der Waals surface area contributed by atoms with Gasteiger partial charge in [0.2, 0.25) is 0 Å². The third kappa shape index (κ3) is 15.3. The lowest BCUT2D eigenvalue weighted by molar-refractivity contribution is 0.469. The van der Waals surface area contributed by atoms with Crippen LogP contribution in [0.4, 0.5) is 0 Å². The van der Waals surface area contributed by atoms with Gasteiger partial charge in [0.15, 0.2) is 0 Å². The molecule has 0 saturated heterocycles. The zero-order valence-corrected chi connectivity index (χ0v) is 11.5. The van der Waals surface area contributed by atoms with E-state index in [4.69, 9.17) is 5.11 Å². The first-order valence-corrected chi connectivity index (χ1v) is 7.36. The van der Waals surface area contributed by atoms with Crippen molar-refractivity contribution >= 4 is 0 Å². The van der Waals surface area contributed by atoms with Gasteiger partial charge in [0.05, 0.1) is 6.26 Å². The van der Waals surface area contributed by atoms with E-state index < -0.39 is 0 Å². The molecule has 1 nitrogen and oxygen atoms in total. The van der Waals surface area contributed by atoms with Gasteiger partial charge in [0.1, 0.15) is 0 Å². The highest BCUT2D eigenvalue weighted by atomic mass is 16.2. The van der Waals surface area contributed by atoms with Crippen LogP contribution in [0.2, 0.25) is 0 Å². The number of unbranched alkanes of at least 4 members (excludes halogenated alkanes) is 9. The van der Waals surface area contributed by atoms with E-state index >= 15 is 0 Å². The van der Waals surface area contributed by atoms with E-state index in [1.54, 1.807) is 0 Å². The van der Waals surface area contributed by atoms with Crippen molar-refractivity contribution in [1.82, 2.24) is 0 Å². The van der Waals surface area contributed by atoms with Crippen molar-refractivity contribution in [3.8, 4) is 0 Å². The molecule has 0 fully saturated rings. The van der Waals surface area contributed by atoms with Crippen LogP contribution in [0.3, 0.4) is 0 Å². The van der Waals surface area contributed by atoms with Crippen molar-refractivity contribution in [2.75, 3.05) is 0 Å². The van der Waals surface area contributed by atoms with Gasteiger partial charge >= 0.3 is 0 Å². The van der Waals surface area contributed by atoms with E-state index in [-0.39, 0.29) is 0 Å². The molecule has 100 valence electrons. The first-order valence-electron chi connectivity index (χ1n) is 7.36. The highest BCUT2D eigenvalue weighted by molar-refractivity contribution is 4.81. The monoisotopic (exact) mass is 238 g/mol. The molecule has 0 radical (unpaired) electrons. The van der Waals surface area contributed by atoms with Crippen LogP contribution in [0, 0.1) is 0 Å². The third-order valence-electron chi connectivity index (χ3n) is 2.99. The molecule has 0 spiro atoms. The smallest absolute Gasteiger partial charge is 0.0751 e. The van der Waals surface area contributed by atoms with E-state index in [0.717, 1.165) is 12.7 Å². The predicted octanol–water partition coefficient (Wildman–Crippen LogP) is 5.93. The first kappa shape index (κ1) is 16.3. The second-order valence-corrected chi connectivity index (χ2v) is 4.70. The second kappa shape index (κ2) is 15.3. The molecule has 0 aromatic carbocycles. The predicted molar refractivity (Wildman–Crippen MR) is 77.4 cm³/mol. The van der Waals surface area contributed by atoms with Gasteiger partial charge in [-0.05, 0) is 32.1 Å². The van der Waals surface area contributed by atoms with Crippen molar-refractivity contribution in [1.29, 1.82) is 0 Å². The first-order chi connectivity index (χ1) is 8.41. The fourth-order valence-corrected chi connectivity index (χ4v) is 1.86. The summed E-state index contributed by atoms with van der Waals surface area (Å²) in [6.07, 6.45) is 21.8. The van der Waals surface area contributed by atoms with E-state index in [0.29, 0.717) is 0 Å². The van der Waals surface area contributed by atoms with E-state index in [1.807, 2.05) is 6.08 Å². The summed E-state index contributed by atoms with van der Waals surface area (Å²) in [5.41, 5.74) is 0. The molecular formula is C16H30O.